The highest BCUT2D eigenvalue weighted by atomic mass is 19.1. The van der Waals surface area contributed by atoms with Crippen LogP contribution in [0.15, 0.2) is 24.3 Å². The molecule has 98 valence electrons. The summed E-state index contributed by atoms with van der Waals surface area (Å²) in [6.45, 7) is 5.35. The highest BCUT2D eigenvalue weighted by Crippen LogP contribution is 2.17. The molecule has 18 heavy (non-hydrogen) atoms. The highest BCUT2D eigenvalue weighted by Gasteiger charge is 2.13. The standard InChI is InChI=1S/C14H17FO3/c1-14(2,3)18-13(16)6-5-10-7-11(15)9-12(8-10)17-4/h5-9H,1-4H3/b6-5+. The minimum atomic E-state index is -0.541. The molecule has 3 nitrogen and oxygen atoms in total. The van der Waals surface area contributed by atoms with E-state index in [1.54, 1.807) is 26.8 Å². The molecule has 0 radical (unpaired) electrons. The van der Waals surface area contributed by atoms with Crippen molar-refractivity contribution in [2.24, 2.45) is 0 Å². The van der Waals surface area contributed by atoms with Crippen molar-refractivity contribution in [1.29, 1.82) is 0 Å². The predicted molar refractivity (Wildman–Crippen MR) is 67.8 cm³/mol. The molecular formula is C14H17FO3. The van der Waals surface area contributed by atoms with Gasteiger partial charge in [-0.15, -0.1) is 0 Å². The number of rotatable bonds is 3. The SMILES string of the molecule is COc1cc(F)cc(/C=C/C(=O)OC(C)(C)C)c1. The summed E-state index contributed by atoms with van der Waals surface area (Å²) < 4.78 is 23.2. The summed E-state index contributed by atoms with van der Waals surface area (Å²) in [5, 5.41) is 0. The van der Waals surface area contributed by atoms with E-state index in [1.165, 1.54) is 31.4 Å². The van der Waals surface area contributed by atoms with Crippen molar-refractivity contribution in [1.82, 2.24) is 0 Å². The van der Waals surface area contributed by atoms with Gasteiger partial charge in [0, 0.05) is 12.1 Å². The van der Waals surface area contributed by atoms with E-state index in [0.29, 0.717) is 11.3 Å². The van der Waals surface area contributed by atoms with Crippen LogP contribution in [0, 0.1) is 5.82 Å². The number of hydrogen-bond acceptors (Lipinski definition) is 3. The third kappa shape index (κ3) is 4.99. The van der Waals surface area contributed by atoms with E-state index in [1.807, 2.05) is 0 Å². The largest absolute Gasteiger partial charge is 0.497 e. The number of halogens is 1. The molecule has 0 heterocycles. The van der Waals surface area contributed by atoms with E-state index in [0.717, 1.165) is 0 Å². The molecule has 1 aromatic carbocycles. The Labute approximate surface area is 106 Å². The topological polar surface area (TPSA) is 35.5 Å². The van der Waals surface area contributed by atoms with Crippen molar-refractivity contribution >= 4 is 12.0 Å². The second-order valence-corrected chi connectivity index (χ2v) is 4.79. The molecule has 0 unspecified atom stereocenters. The molecule has 0 saturated heterocycles. The average Bonchev–Trinajstić information content (AvgIpc) is 2.23. The molecule has 0 amide bonds. The van der Waals surface area contributed by atoms with Crippen LogP contribution in [-0.4, -0.2) is 18.7 Å². The van der Waals surface area contributed by atoms with E-state index >= 15 is 0 Å². The fourth-order valence-corrected chi connectivity index (χ4v) is 1.30. The summed E-state index contributed by atoms with van der Waals surface area (Å²) >= 11 is 0. The summed E-state index contributed by atoms with van der Waals surface area (Å²) in [5.74, 6) is -0.484. The Morgan fingerprint density at radius 3 is 2.50 bits per heavy atom. The van der Waals surface area contributed by atoms with Gasteiger partial charge in [-0.05, 0) is 44.5 Å². The molecule has 0 N–H and O–H groups in total. The Bertz CT molecular complexity index is 459. The van der Waals surface area contributed by atoms with Gasteiger partial charge in [-0.2, -0.15) is 0 Å². The van der Waals surface area contributed by atoms with Gasteiger partial charge in [0.25, 0.3) is 0 Å². The van der Waals surface area contributed by atoms with Gasteiger partial charge in [0.1, 0.15) is 17.2 Å². The van der Waals surface area contributed by atoms with Crippen LogP contribution < -0.4 is 4.74 Å². The monoisotopic (exact) mass is 252 g/mol. The maximum Gasteiger partial charge on any atom is 0.331 e. The van der Waals surface area contributed by atoms with Crippen LogP contribution in [0.2, 0.25) is 0 Å². The fraction of sp³-hybridized carbons (Fsp3) is 0.357. The van der Waals surface area contributed by atoms with Crippen LogP contribution in [0.4, 0.5) is 4.39 Å². The maximum absolute atomic E-state index is 13.2. The first-order chi connectivity index (χ1) is 8.30. The van der Waals surface area contributed by atoms with Crippen molar-refractivity contribution in [2.75, 3.05) is 7.11 Å². The number of carbonyl (C=O) groups excluding carboxylic acids is 1. The van der Waals surface area contributed by atoms with Crippen LogP contribution >= 0.6 is 0 Å². The third-order valence-corrected chi connectivity index (χ3v) is 1.95. The van der Waals surface area contributed by atoms with Crippen molar-refractivity contribution in [3.63, 3.8) is 0 Å². The lowest BCUT2D eigenvalue weighted by Gasteiger charge is -2.17. The first-order valence-electron chi connectivity index (χ1n) is 5.56. The zero-order valence-corrected chi connectivity index (χ0v) is 11.0. The number of methoxy groups -OCH3 is 1. The van der Waals surface area contributed by atoms with Crippen LogP contribution in [0.1, 0.15) is 26.3 Å². The van der Waals surface area contributed by atoms with Crippen molar-refractivity contribution in [3.05, 3.63) is 35.7 Å². The Kier molecular flexibility index (Phi) is 4.48. The number of esters is 1. The minimum absolute atomic E-state index is 0.402. The van der Waals surface area contributed by atoms with E-state index < -0.39 is 17.4 Å². The zero-order valence-electron chi connectivity index (χ0n) is 11.0. The van der Waals surface area contributed by atoms with Gasteiger partial charge in [-0.3, -0.25) is 0 Å². The molecule has 0 aliphatic rings. The Hall–Kier alpha value is -1.84. The number of hydrogen-bond donors (Lipinski definition) is 0. The van der Waals surface area contributed by atoms with Gasteiger partial charge in [-0.25, -0.2) is 9.18 Å². The lowest BCUT2D eigenvalue weighted by molar-refractivity contribution is -0.148. The van der Waals surface area contributed by atoms with E-state index in [9.17, 15) is 9.18 Å². The molecule has 1 aromatic rings. The first kappa shape index (κ1) is 14.2. The maximum atomic E-state index is 13.2. The lowest BCUT2D eigenvalue weighted by atomic mass is 10.2. The van der Waals surface area contributed by atoms with Gasteiger partial charge >= 0.3 is 5.97 Å². The van der Waals surface area contributed by atoms with Gasteiger partial charge < -0.3 is 9.47 Å². The number of benzene rings is 1. The predicted octanol–water partition coefficient (Wildman–Crippen LogP) is 3.19. The molecular weight excluding hydrogens is 235 g/mol. The molecule has 0 aliphatic heterocycles. The fourth-order valence-electron chi connectivity index (χ4n) is 1.30. The Balaban J connectivity index is 2.78. The molecule has 4 heteroatoms. The molecule has 1 rings (SSSR count). The van der Waals surface area contributed by atoms with Crippen molar-refractivity contribution in [2.45, 2.75) is 26.4 Å². The van der Waals surface area contributed by atoms with Gasteiger partial charge in [0.2, 0.25) is 0 Å². The average molecular weight is 252 g/mol. The van der Waals surface area contributed by atoms with Gasteiger partial charge in [0.15, 0.2) is 0 Å². The third-order valence-electron chi connectivity index (χ3n) is 1.95. The van der Waals surface area contributed by atoms with E-state index in [4.69, 9.17) is 9.47 Å². The molecule has 0 spiro atoms. The Morgan fingerprint density at radius 1 is 1.28 bits per heavy atom. The molecule has 0 aromatic heterocycles. The summed E-state index contributed by atoms with van der Waals surface area (Å²) in [6, 6.07) is 4.21. The van der Waals surface area contributed by atoms with Crippen LogP contribution in [0.3, 0.4) is 0 Å². The zero-order chi connectivity index (χ0) is 13.8. The minimum Gasteiger partial charge on any atom is -0.497 e. The van der Waals surface area contributed by atoms with E-state index in [-0.39, 0.29) is 0 Å². The lowest BCUT2D eigenvalue weighted by Crippen LogP contribution is -2.22. The van der Waals surface area contributed by atoms with Gasteiger partial charge in [0.05, 0.1) is 7.11 Å². The second kappa shape index (κ2) is 5.67. The molecule has 0 fully saturated rings. The van der Waals surface area contributed by atoms with Crippen LogP contribution in [-0.2, 0) is 9.53 Å². The normalized spacial score (nSPS) is 11.6. The van der Waals surface area contributed by atoms with Crippen molar-refractivity contribution < 1.29 is 18.7 Å². The summed E-state index contributed by atoms with van der Waals surface area (Å²) in [6.07, 6.45) is 2.75. The van der Waals surface area contributed by atoms with Crippen LogP contribution in [0.25, 0.3) is 6.08 Å². The summed E-state index contributed by atoms with van der Waals surface area (Å²) in [4.78, 5) is 11.4. The molecule has 0 atom stereocenters. The highest BCUT2D eigenvalue weighted by molar-refractivity contribution is 5.87. The molecule has 0 bridgehead atoms. The second-order valence-electron chi connectivity index (χ2n) is 4.79. The molecule has 0 saturated carbocycles. The van der Waals surface area contributed by atoms with Crippen LogP contribution in [0.5, 0.6) is 5.75 Å². The molecule has 0 aliphatic carbocycles. The number of carbonyl (C=O) groups is 1. The first-order valence-corrected chi connectivity index (χ1v) is 5.56. The van der Waals surface area contributed by atoms with E-state index in [2.05, 4.69) is 0 Å². The van der Waals surface area contributed by atoms with Crippen molar-refractivity contribution in [3.8, 4) is 5.75 Å². The summed E-state index contributed by atoms with van der Waals surface area (Å²) in [5.41, 5.74) is -0.00108. The summed E-state index contributed by atoms with van der Waals surface area (Å²) in [7, 11) is 1.45. The quantitative estimate of drug-likeness (QED) is 0.612. The number of ether oxygens (including phenoxy) is 2. The smallest absolute Gasteiger partial charge is 0.331 e. The van der Waals surface area contributed by atoms with Gasteiger partial charge in [-0.1, -0.05) is 0 Å². The Morgan fingerprint density at radius 2 is 1.94 bits per heavy atom.